The maximum Gasteiger partial charge on any atom is 0.138 e. The van der Waals surface area contributed by atoms with Crippen molar-refractivity contribution in [2.24, 2.45) is 0 Å². The van der Waals surface area contributed by atoms with E-state index < -0.39 is 9.83 Å². The van der Waals surface area contributed by atoms with Crippen molar-refractivity contribution in [3.8, 4) is 0 Å². The first-order valence-electron chi connectivity index (χ1n) is 2.72. The Morgan fingerprint density at radius 3 is 2.90 bits per heavy atom. The van der Waals surface area contributed by atoms with E-state index >= 15 is 0 Å². The van der Waals surface area contributed by atoms with Crippen LogP contribution in [-0.4, -0.2) is 15.4 Å². The maximum absolute atomic E-state index is 11.0. The zero-order chi connectivity index (χ0) is 7.40. The number of rotatable bonds is 2. The topological polar surface area (TPSA) is 30.0 Å². The molecule has 1 atom stereocenters. The number of pyridine rings is 1. The van der Waals surface area contributed by atoms with Crippen LogP contribution >= 0.6 is 10.8 Å². The first kappa shape index (κ1) is 7.75. The van der Waals surface area contributed by atoms with Gasteiger partial charge < -0.3 is 0 Å². The fourth-order valence-corrected chi connectivity index (χ4v) is 1.85. The van der Waals surface area contributed by atoms with Gasteiger partial charge in [0.05, 0.1) is 0 Å². The summed E-state index contributed by atoms with van der Waals surface area (Å²) in [4.78, 5) is 3.93. The molecule has 0 aliphatic carbocycles. The molecule has 10 heavy (non-hydrogen) atoms. The molecule has 0 fully saturated rings. The molecule has 1 unspecified atom stereocenters. The molecular weight excluding hydrogens is 166 g/mol. The Morgan fingerprint density at radius 2 is 2.40 bits per heavy atom. The largest absolute Gasteiger partial charge is 0.246 e. The van der Waals surface area contributed by atoms with Crippen molar-refractivity contribution in [1.82, 2.24) is 4.98 Å². The molecule has 1 rings (SSSR count). The van der Waals surface area contributed by atoms with Crippen molar-refractivity contribution >= 4 is 20.6 Å². The van der Waals surface area contributed by atoms with Gasteiger partial charge in [-0.25, -0.2) is 9.19 Å². The van der Waals surface area contributed by atoms with Crippen LogP contribution in [0.2, 0.25) is 0 Å². The molecule has 1 aromatic rings. The molecule has 0 amide bonds. The lowest BCUT2D eigenvalue weighted by Crippen LogP contribution is -1.86. The predicted octanol–water partition coefficient (Wildman–Crippen LogP) is 1.47. The zero-order valence-corrected chi connectivity index (χ0v) is 7.11. The normalized spacial score (nSPS) is 12.9. The third-order valence-electron chi connectivity index (χ3n) is 0.960. The summed E-state index contributed by atoms with van der Waals surface area (Å²) in [5.74, 6) is 0. The molecule has 0 radical (unpaired) electrons. The lowest BCUT2D eigenvalue weighted by atomic mass is 10.5. The summed E-state index contributed by atoms with van der Waals surface area (Å²) in [6.45, 7) is 0. The van der Waals surface area contributed by atoms with Gasteiger partial charge in [-0.15, -0.1) is 0 Å². The van der Waals surface area contributed by atoms with Crippen LogP contribution in [0.4, 0.5) is 0 Å². The molecule has 0 aromatic carbocycles. The zero-order valence-electron chi connectivity index (χ0n) is 5.48. The highest BCUT2D eigenvalue weighted by Gasteiger charge is 1.99. The average molecular weight is 173 g/mol. The van der Waals surface area contributed by atoms with Crippen LogP contribution in [0.25, 0.3) is 0 Å². The van der Waals surface area contributed by atoms with Gasteiger partial charge in [0.15, 0.2) is 0 Å². The summed E-state index contributed by atoms with van der Waals surface area (Å²) < 4.78 is 11.0. The Labute approximate surface area is 65.9 Å². The fraction of sp³-hybridized carbons (Fsp3) is 0.167. The van der Waals surface area contributed by atoms with Gasteiger partial charge in [-0.3, -0.25) is 0 Å². The van der Waals surface area contributed by atoms with E-state index in [1.54, 1.807) is 24.6 Å². The molecule has 1 heterocycles. The molecule has 1 aromatic heterocycles. The smallest absolute Gasteiger partial charge is 0.138 e. The van der Waals surface area contributed by atoms with Crippen molar-refractivity contribution in [3.63, 3.8) is 0 Å². The minimum absolute atomic E-state index is 0.634. The van der Waals surface area contributed by atoms with Crippen molar-refractivity contribution in [3.05, 3.63) is 24.4 Å². The van der Waals surface area contributed by atoms with E-state index in [1.807, 2.05) is 6.07 Å². The quantitative estimate of drug-likeness (QED) is 0.634. The first-order chi connectivity index (χ1) is 4.84. The van der Waals surface area contributed by atoms with Gasteiger partial charge in [0.1, 0.15) is 14.9 Å². The standard InChI is InChI=1S/C6H7NOS2/c1-9-10(8)6-4-2-3-5-7-6/h2-5H,1H3. The number of nitrogens with zero attached hydrogens (tertiary/aromatic N) is 1. The summed E-state index contributed by atoms with van der Waals surface area (Å²) in [7, 11) is 0.303. The highest BCUT2D eigenvalue weighted by atomic mass is 33.1. The monoisotopic (exact) mass is 173 g/mol. The van der Waals surface area contributed by atoms with Crippen LogP contribution in [0, 0.1) is 0 Å². The molecule has 54 valence electrons. The number of aromatic nitrogens is 1. The number of hydrogen-bond acceptors (Lipinski definition) is 3. The van der Waals surface area contributed by atoms with E-state index in [0.717, 1.165) is 0 Å². The van der Waals surface area contributed by atoms with Gasteiger partial charge in [0, 0.05) is 6.20 Å². The molecule has 4 heteroatoms. The minimum atomic E-state index is -0.985. The Hall–Kier alpha value is -0.350. The van der Waals surface area contributed by atoms with Crippen LogP contribution < -0.4 is 0 Å². The predicted molar refractivity (Wildman–Crippen MR) is 44.2 cm³/mol. The Kier molecular flexibility index (Phi) is 2.89. The van der Waals surface area contributed by atoms with Gasteiger partial charge >= 0.3 is 0 Å². The molecule has 0 saturated heterocycles. The molecule has 0 aliphatic heterocycles. The average Bonchev–Trinajstić information content (AvgIpc) is 2.05. The van der Waals surface area contributed by atoms with Crippen LogP contribution in [0.5, 0.6) is 0 Å². The summed E-state index contributed by atoms with van der Waals surface area (Å²) in [5, 5.41) is 0.634. The van der Waals surface area contributed by atoms with Crippen molar-refractivity contribution in [1.29, 1.82) is 0 Å². The molecule has 2 nitrogen and oxygen atoms in total. The van der Waals surface area contributed by atoms with Gasteiger partial charge in [-0.05, 0) is 18.4 Å². The third kappa shape index (κ3) is 1.82. The molecule has 0 saturated carbocycles. The Balaban J connectivity index is 2.85. The SMILES string of the molecule is CSS(=O)c1ccccn1. The van der Waals surface area contributed by atoms with Gasteiger partial charge in [-0.2, -0.15) is 0 Å². The Bertz CT molecular complexity index is 224. The van der Waals surface area contributed by atoms with E-state index in [1.165, 1.54) is 10.8 Å². The van der Waals surface area contributed by atoms with E-state index in [-0.39, 0.29) is 0 Å². The number of hydrogen-bond donors (Lipinski definition) is 0. The highest BCUT2D eigenvalue weighted by molar-refractivity contribution is 8.68. The molecule has 0 N–H and O–H groups in total. The van der Waals surface area contributed by atoms with E-state index in [9.17, 15) is 4.21 Å². The summed E-state index contributed by atoms with van der Waals surface area (Å²) in [5.41, 5.74) is 0. The Morgan fingerprint density at radius 1 is 1.60 bits per heavy atom. The van der Waals surface area contributed by atoms with Gasteiger partial charge in [0.2, 0.25) is 0 Å². The minimum Gasteiger partial charge on any atom is -0.246 e. The maximum atomic E-state index is 11.0. The van der Waals surface area contributed by atoms with E-state index in [0.29, 0.717) is 5.03 Å². The van der Waals surface area contributed by atoms with Crippen LogP contribution in [0.15, 0.2) is 29.4 Å². The summed E-state index contributed by atoms with van der Waals surface area (Å²) >= 11 is 0. The van der Waals surface area contributed by atoms with Crippen LogP contribution in [-0.2, 0) is 9.83 Å². The molecule has 0 spiro atoms. The second kappa shape index (κ2) is 3.73. The fourth-order valence-electron chi connectivity index (χ4n) is 0.531. The third-order valence-corrected chi connectivity index (χ3v) is 3.27. The summed E-state index contributed by atoms with van der Waals surface area (Å²) in [6, 6.07) is 5.39. The summed E-state index contributed by atoms with van der Waals surface area (Å²) in [6.07, 6.45) is 3.44. The van der Waals surface area contributed by atoms with Crippen LogP contribution in [0.1, 0.15) is 0 Å². The van der Waals surface area contributed by atoms with E-state index in [4.69, 9.17) is 0 Å². The van der Waals surface area contributed by atoms with Crippen molar-refractivity contribution in [2.45, 2.75) is 5.03 Å². The van der Waals surface area contributed by atoms with Gasteiger partial charge in [0.25, 0.3) is 0 Å². The van der Waals surface area contributed by atoms with Crippen molar-refractivity contribution in [2.75, 3.05) is 6.26 Å². The highest BCUT2D eigenvalue weighted by Crippen LogP contribution is 2.11. The molecule has 0 aliphatic rings. The van der Waals surface area contributed by atoms with Gasteiger partial charge in [-0.1, -0.05) is 16.9 Å². The lowest BCUT2D eigenvalue weighted by Gasteiger charge is -1.93. The molecular formula is C6H7NOS2. The van der Waals surface area contributed by atoms with E-state index in [2.05, 4.69) is 4.98 Å². The van der Waals surface area contributed by atoms with Crippen LogP contribution in [0.3, 0.4) is 0 Å². The first-order valence-corrected chi connectivity index (χ1v) is 5.61. The second-order valence-electron chi connectivity index (χ2n) is 1.57. The second-order valence-corrected chi connectivity index (χ2v) is 4.70. The van der Waals surface area contributed by atoms with Crippen molar-refractivity contribution < 1.29 is 4.21 Å². The molecule has 0 bridgehead atoms. The lowest BCUT2D eigenvalue weighted by molar-refractivity contribution is 0.689.